The van der Waals surface area contributed by atoms with Crippen molar-refractivity contribution >= 4 is 39.0 Å². The molecule has 8 aromatic rings. The summed E-state index contributed by atoms with van der Waals surface area (Å²) in [4.78, 5) is 2.52. The van der Waals surface area contributed by atoms with Gasteiger partial charge in [-0.25, -0.2) is 0 Å². The van der Waals surface area contributed by atoms with Gasteiger partial charge in [0.15, 0.2) is 0 Å². The predicted molar refractivity (Wildman–Crippen MR) is 227 cm³/mol. The highest BCUT2D eigenvalue weighted by Crippen LogP contribution is 2.73. The van der Waals surface area contributed by atoms with Crippen LogP contribution in [0, 0.1) is 23.2 Å². The molecule has 2 heteroatoms. The molecule has 5 atom stereocenters. The highest BCUT2D eigenvalue weighted by atomic mass is 16.3. The van der Waals surface area contributed by atoms with Crippen LogP contribution in [0.5, 0.6) is 0 Å². The van der Waals surface area contributed by atoms with Crippen molar-refractivity contribution in [3.8, 4) is 33.4 Å². The molecule has 1 unspecified atom stereocenters. The molecule has 5 aliphatic rings. The Hall–Kier alpha value is -5.86. The quantitative estimate of drug-likeness (QED) is 0.177. The molecule has 0 radical (unpaired) electrons. The van der Waals surface area contributed by atoms with E-state index in [1.165, 1.54) is 71.3 Å². The van der Waals surface area contributed by atoms with Gasteiger partial charge in [0, 0.05) is 33.1 Å². The standard InChI is InChI=1S/C53H43NO/c1-52-31-34-28-39(32-52)53(40(29-34)33-52)46-14-7-5-13-45(46)51-47(53)15-9-16-48(51)54(41-23-18-36(19-24-41)35-10-3-2-4-11-35)42-25-20-37(21-26-42)38-22-27-44-43-12-6-8-17-49(43)55-50(44)30-38/h2-27,30,34,39-40H,28-29,31-33H2,1H3/t34-,39-,40+,52+,53?. The maximum atomic E-state index is 6.29. The Balaban J connectivity index is 1.02. The van der Waals surface area contributed by atoms with Crippen LogP contribution in [-0.4, -0.2) is 0 Å². The molecular formula is C53H43NO. The summed E-state index contributed by atoms with van der Waals surface area (Å²) in [6.07, 6.45) is 6.87. The Morgan fingerprint density at radius 3 is 1.85 bits per heavy atom. The van der Waals surface area contributed by atoms with Gasteiger partial charge in [0.2, 0.25) is 0 Å². The van der Waals surface area contributed by atoms with Gasteiger partial charge in [0.1, 0.15) is 11.2 Å². The molecule has 55 heavy (non-hydrogen) atoms. The minimum atomic E-state index is 0.0976. The normalized spacial score (nSPS) is 24.4. The second-order valence-corrected chi connectivity index (χ2v) is 17.4. The van der Waals surface area contributed by atoms with Crippen LogP contribution in [0.25, 0.3) is 55.3 Å². The van der Waals surface area contributed by atoms with E-state index in [0.717, 1.165) is 39.1 Å². The predicted octanol–water partition coefficient (Wildman–Crippen LogP) is 14.5. The van der Waals surface area contributed by atoms with Crippen LogP contribution in [0.1, 0.15) is 50.2 Å². The van der Waals surface area contributed by atoms with Crippen molar-refractivity contribution in [3.63, 3.8) is 0 Å². The van der Waals surface area contributed by atoms with Gasteiger partial charge >= 0.3 is 0 Å². The zero-order valence-corrected chi connectivity index (χ0v) is 31.2. The summed E-state index contributed by atoms with van der Waals surface area (Å²) >= 11 is 0. The molecule has 4 saturated carbocycles. The zero-order chi connectivity index (χ0) is 36.3. The molecule has 1 heterocycles. The van der Waals surface area contributed by atoms with E-state index < -0.39 is 0 Å². The van der Waals surface area contributed by atoms with E-state index in [-0.39, 0.29) is 5.41 Å². The monoisotopic (exact) mass is 709 g/mol. The summed E-state index contributed by atoms with van der Waals surface area (Å²) in [6.45, 7) is 2.60. The summed E-state index contributed by atoms with van der Waals surface area (Å²) in [7, 11) is 0. The summed E-state index contributed by atoms with van der Waals surface area (Å²) in [5.74, 6) is 2.28. The first-order valence-corrected chi connectivity index (χ1v) is 20.3. The number of fused-ring (bicyclic) bond motifs is 6. The molecular weight excluding hydrogens is 667 g/mol. The van der Waals surface area contributed by atoms with Gasteiger partial charge in [-0.05, 0) is 143 Å². The van der Waals surface area contributed by atoms with Crippen molar-refractivity contribution in [2.24, 2.45) is 23.2 Å². The first-order chi connectivity index (χ1) is 27.1. The number of anilines is 3. The first-order valence-electron chi connectivity index (χ1n) is 20.3. The minimum Gasteiger partial charge on any atom is -0.456 e. The topological polar surface area (TPSA) is 16.4 Å². The summed E-state index contributed by atoms with van der Waals surface area (Å²) in [6, 6.07) is 60.7. The largest absolute Gasteiger partial charge is 0.456 e. The average molecular weight is 710 g/mol. The van der Waals surface area contributed by atoms with Gasteiger partial charge in [-0.15, -0.1) is 0 Å². The number of furan rings is 1. The van der Waals surface area contributed by atoms with Crippen LogP contribution < -0.4 is 4.90 Å². The lowest BCUT2D eigenvalue weighted by atomic mass is 9.39. The van der Waals surface area contributed by atoms with Crippen LogP contribution in [0.2, 0.25) is 0 Å². The molecule has 2 nitrogen and oxygen atoms in total. The molecule has 5 aliphatic carbocycles. The molecule has 4 bridgehead atoms. The number of hydrogen-bond acceptors (Lipinski definition) is 2. The van der Waals surface area contributed by atoms with Gasteiger partial charge < -0.3 is 9.32 Å². The van der Waals surface area contributed by atoms with Crippen LogP contribution in [0.15, 0.2) is 168 Å². The molecule has 0 aliphatic heterocycles. The third-order valence-corrected chi connectivity index (χ3v) is 14.2. The van der Waals surface area contributed by atoms with Crippen LogP contribution in [0.4, 0.5) is 17.1 Å². The van der Waals surface area contributed by atoms with Gasteiger partial charge in [-0.3, -0.25) is 0 Å². The van der Waals surface area contributed by atoms with E-state index >= 15 is 0 Å². The van der Waals surface area contributed by atoms with Crippen molar-refractivity contribution in [2.75, 3.05) is 4.90 Å². The first kappa shape index (κ1) is 31.5. The average Bonchev–Trinajstić information content (AvgIpc) is 3.74. The van der Waals surface area contributed by atoms with Crippen molar-refractivity contribution in [1.29, 1.82) is 0 Å². The fourth-order valence-corrected chi connectivity index (χ4v) is 12.4. The van der Waals surface area contributed by atoms with Crippen LogP contribution in [0.3, 0.4) is 0 Å². The second-order valence-electron chi connectivity index (χ2n) is 17.4. The number of hydrogen-bond donors (Lipinski definition) is 0. The SMILES string of the molecule is C[C@]12C[C@@H]3C[C@H](C1)C1(c4ccccc4-c4c(N(c5ccc(-c6ccccc6)cc5)c5ccc(-c6ccc7c(c6)oc6ccccc67)cc5)cccc41)[C@@H](C3)C2. The fourth-order valence-electron chi connectivity index (χ4n) is 12.4. The molecule has 266 valence electrons. The minimum absolute atomic E-state index is 0.0976. The molecule has 1 spiro atoms. The fraction of sp³-hybridized carbons (Fsp3) is 0.208. The Bertz CT molecular complexity index is 2760. The summed E-state index contributed by atoms with van der Waals surface area (Å²) < 4.78 is 6.29. The molecule has 13 rings (SSSR count). The number of rotatable bonds is 5. The van der Waals surface area contributed by atoms with Crippen molar-refractivity contribution in [1.82, 2.24) is 0 Å². The molecule has 1 aromatic heterocycles. The highest BCUT2D eigenvalue weighted by Gasteiger charge is 2.64. The number of nitrogens with zero attached hydrogens (tertiary/aromatic N) is 1. The Morgan fingerprint density at radius 1 is 0.509 bits per heavy atom. The van der Waals surface area contributed by atoms with Crippen molar-refractivity contribution < 1.29 is 4.42 Å². The van der Waals surface area contributed by atoms with E-state index in [9.17, 15) is 0 Å². The van der Waals surface area contributed by atoms with E-state index in [1.54, 1.807) is 11.1 Å². The van der Waals surface area contributed by atoms with Gasteiger partial charge in [-0.2, -0.15) is 0 Å². The zero-order valence-electron chi connectivity index (χ0n) is 31.2. The van der Waals surface area contributed by atoms with E-state index in [4.69, 9.17) is 4.42 Å². The van der Waals surface area contributed by atoms with Crippen molar-refractivity contribution in [2.45, 2.75) is 44.4 Å². The maximum absolute atomic E-state index is 6.29. The number of para-hydroxylation sites is 1. The van der Waals surface area contributed by atoms with E-state index in [1.807, 2.05) is 6.07 Å². The summed E-state index contributed by atoms with van der Waals surface area (Å²) in [5, 5.41) is 2.32. The van der Waals surface area contributed by atoms with Gasteiger partial charge in [-0.1, -0.05) is 122 Å². The molecule has 0 N–H and O–H groups in total. The van der Waals surface area contributed by atoms with Gasteiger partial charge in [0.05, 0.1) is 5.69 Å². The van der Waals surface area contributed by atoms with E-state index in [2.05, 4.69) is 170 Å². The summed E-state index contributed by atoms with van der Waals surface area (Å²) in [5.41, 5.74) is 16.9. The maximum Gasteiger partial charge on any atom is 0.136 e. The highest BCUT2D eigenvalue weighted by molar-refractivity contribution is 6.06. The Morgan fingerprint density at radius 2 is 1.11 bits per heavy atom. The third-order valence-electron chi connectivity index (χ3n) is 14.2. The Kier molecular flexibility index (Phi) is 6.63. The van der Waals surface area contributed by atoms with Crippen molar-refractivity contribution in [3.05, 3.63) is 175 Å². The molecule has 4 fully saturated rings. The molecule has 7 aromatic carbocycles. The van der Waals surface area contributed by atoms with Crippen LogP contribution >= 0.6 is 0 Å². The smallest absolute Gasteiger partial charge is 0.136 e. The third kappa shape index (κ3) is 4.55. The second kappa shape index (κ2) is 11.6. The molecule has 0 saturated heterocycles. The lowest BCUT2D eigenvalue weighted by Gasteiger charge is -2.64. The van der Waals surface area contributed by atoms with E-state index in [0.29, 0.717) is 17.3 Å². The van der Waals surface area contributed by atoms with Gasteiger partial charge in [0.25, 0.3) is 0 Å². The molecule has 0 amide bonds. The number of benzene rings is 7. The Labute approximate surface area is 323 Å². The lowest BCUT2D eigenvalue weighted by molar-refractivity contribution is -0.0889. The lowest BCUT2D eigenvalue weighted by Crippen LogP contribution is -2.58. The van der Waals surface area contributed by atoms with Crippen LogP contribution in [-0.2, 0) is 5.41 Å².